The molecule has 0 atom stereocenters. The number of aromatic nitrogens is 4. The van der Waals surface area contributed by atoms with Gasteiger partial charge in [-0.05, 0) is 73.0 Å². The van der Waals surface area contributed by atoms with E-state index in [1.165, 1.54) is 11.8 Å². The molecule has 12 heteroatoms. The quantitative estimate of drug-likeness (QED) is 0.203. The minimum atomic E-state index is -0.221. The van der Waals surface area contributed by atoms with Crippen molar-refractivity contribution in [3.05, 3.63) is 77.3 Å². The first-order chi connectivity index (χ1) is 18.4. The number of nitrogens with zero attached hydrogens (tertiary/aromatic N) is 4. The van der Waals surface area contributed by atoms with Gasteiger partial charge >= 0.3 is 0 Å². The molecular formula is C26H21ClN6O2S3. The van der Waals surface area contributed by atoms with Crippen molar-refractivity contribution in [1.82, 2.24) is 19.7 Å². The van der Waals surface area contributed by atoms with Crippen LogP contribution in [0.5, 0.6) is 0 Å². The zero-order valence-electron chi connectivity index (χ0n) is 20.3. The zero-order valence-corrected chi connectivity index (χ0v) is 23.5. The molecule has 2 aromatic heterocycles. The lowest BCUT2D eigenvalue weighted by Crippen LogP contribution is -2.14. The van der Waals surface area contributed by atoms with Gasteiger partial charge in [-0.1, -0.05) is 35.1 Å². The summed E-state index contributed by atoms with van der Waals surface area (Å²) in [6.07, 6.45) is 1.99. The van der Waals surface area contributed by atoms with E-state index in [4.69, 9.17) is 11.6 Å². The van der Waals surface area contributed by atoms with Crippen LogP contribution in [0.1, 0.15) is 10.4 Å². The Morgan fingerprint density at radius 1 is 0.974 bits per heavy atom. The highest BCUT2D eigenvalue weighted by atomic mass is 35.5. The average molecular weight is 581 g/mol. The molecule has 192 valence electrons. The molecule has 2 N–H and O–H groups in total. The van der Waals surface area contributed by atoms with Gasteiger partial charge in [-0.2, -0.15) is 0 Å². The van der Waals surface area contributed by atoms with Crippen LogP contribution in [-0.4, -0.2) is 43.6 Å². The summed E-state index contributed by atoms with van der Waals surface area (Å²) in [4.78, 5) is 29.5. The number of hydrogen-bond acceptors (Lipinski definition) is 8. The molecule has 5 rings (SSSR count). The third kappa shape index (κ3) is 6.02. The van der Waals surface area contributed by atoms with Crippen molar-refractivity contribution in [2.45, 2.75) is 9.50 Å². The van der Waals surface area contributed by atoms with E-state index in [-0.39, 0.29) is 17.6 Å². The second kappa shape index (κ2) is 11.6. The summed E-state index contributed by atoms with van der Waals surface area (Å²) in [6.45, 7) is 0. The van der Waals surface area contributed by atoms with Crippen molar-refractivity contribution < 1.29 is 9.59 Å². The number of fused-ring (bicyclic) bond motifs is 1. The number of thiazole rings is 1. The Kier molecular flexibility index (Phi) is 7.98. The molecule has 38 heavy (non-hydrogen) atoms. The number of benzene rings is 3. The van der Waals surface area contributed by atoms with Gasteiger partial charge in [0.2, 0.25) is 5.91 Å². The molecule has 0 radical (unpaired) electrons. The van der Waals surface area contributed by atoms with Crippen molar-refractivity contribution in [3.63, 3.8) is 0 Å². The van der Waals surface area contributed by atoms with Crippen molar-refractivity contribution in [2.24, 2.45) is 7.05 Å². The monoisotopic (exact) mass is 580 g/mol. The number of carbonyl (C=O) groups excluding carboxylic acids is 2. The summed E-state index contributed by atoms with van der Waals surface area (Å²) < 4.78 is 3.87. The summed E-state index contributed by atoms with van der Waals surface area (Å²) in [5, 5.41) is 15.5. The van der Waals surface area contributed by atoms with Crippen molar-refractivity contribution in [3.8, 4) is 11.4 Å². The average Bonchev–Trinajstić information content (AvgIpc) is 3.50. The van der Waals surface area contributed by atoms with Crippen LogP contribution in [0.25, 0.3) is 21.6 Å². The molecule has 3 aromatic carbocycles. The van der Waals surface area contributed by atoms with Crippen LogP contribution in [0.3, 0.4) is 0 Å². The number of carbonyl (C=O) groups is 2. The molecule has 8 nitrogen and oxygen atoms in total. The maximum Gasteiger partial charge on any atom is 0.255 e. The van der Waals surface area contributed by atoms with E-state index in [0.29, 0.717) is 27.3 Å². The molecule has 0 fully saturated rings. The first kappa shape index (κ1) is 26.2. The van der Waals surface area contributed by atoms with Crippen molar-refractivity contribution in [1.29, 1.82) is 0 Å². The number of amides is 2. The largest absolute Gasteiger partial charge is 0.325 e. The molecule has 2 amide bonds. The minimum Gasteiger partial charge on any atom is -0.325 e. The highest BCUT2D eigenvalue weighted by Crippen LogP contribution is 2.30. The van der Waals surface area contributed by atoms with Gasteiger partial charge in [-0.25, -0.2) is 4.98 Å². The molecule has 0 aliphatic rings. The Bertz CT molecular complexity index is 1620. The fraction of sp³-hybridized carbons (Fsp3) is 0.115. The first-order valence-electron chi connectivity index (χ1n) is 11.3. The molecule has 0 saturated heterocycles. The summed E-state index contributed by atoms with van der Waals surface area (Å²) >= 11 is 10.4. The van der Waals surface area contributed by atoms with Crippen LogP contribution < -0.4 is 10.6 Å². The molecule has 5 aromatic rings. The molecule has 0 spiro atoms. The summed E-state index contributed by atoms with van der Waals surface area (Å²) in [5.74, 6) is 0.498. The van der Waals surface area contributed by atoms with Crippen molar-refractivity contribution >= 4 is 79.9 Å². The summed E-state index contributed by atoms with van der Waals surface area (Å²) in [7, 11) is 1.85. The molecule has 0 saturated carbocycles. The smallest absolute Gasteiger partial charge is 0.255 e. The van der Waals surface area contributed by atoms with Gasteiger partial charge in [0, 0.05) is 34.6 Å². The van der Waals surface area contributed by atoms with Crippen LogP contribution in [-0.2, 0) is 11.8 Å². The van der Waals surface area contributed by atoms with Crippen LogP contribution in [0.15, 0.2) is 76.2 Å². The Balaban J connectivity index is 1.18. The highest BCUT2D eigenvalue weighted by molar-refractivity contribution is 8.00. The standard InChI is InChI=1S/C26H21ClN6O2S3/c1-33-23(15-5-9-18(10-6-15)29-24(35)16-3-7-17(27)8-4-16)31-32-25(33)37-14-22(34)28-19-11-12-20-21(13-19)38-26(30-20)36-2/h3-13H,14H2,1-2H3,(H,28,34)(H,29,35). The highest BCUT2D eigenvalue weighted by Gasteiger charge is 2.14. The van der Waals surface area contributed by atoms with E-state index < -0.39 is 0 Å². The Hall–Kier alpha value is -3.38. The fourth-order valence-corrected chi connectivity index (χ4v) is 5.96. The molecule has 0 bridgehead atoms. The van der Waals surface area contributed by atoms with Gasteiger partial charge in [-0.3, -0.25) is 9.59 Å². The number of anilines is 2. The predicted molar refractivity (Wildman–Crippen MR) is 157 cm³/mol. The lowest BCUT2D eigenvalue weighted by molar-refractivity contribution is -0.113. The minimum absolute atomic E-state index is 0.130. The normalized spacial score (nSPS) is 11.0. The second-order valence-corrected chi connectivity index (χ2v) is 11.6. The Morgan fingerprint density at radius 2 is 1.71 bits per heavy atom. The van der Waals surface area contributed by atoms with Crippen LogP contribution in [0.4, 0.5) is 11.4 Å². The molecule has 2 heterocycles. The van der Waals surface area contributed by atoms with Gasteiger partial charge in [0.25, 0.3) is 5.91 Å². The van der Waals surface area contributed by atoms with Gasteiger partial charge in [-0.15, -0.1) is 21.5 Å². The lowest BCUT2D eigenvalue weighted by Gasteiger charge is -2.08. The third-order valence-electron chi connectivity index (χ3n) is 5.50. The van der Waals surface area contributed by atoms with Crippen LogP contribution in [0, 0.1) is 0 Å². The van der Waals surface area contributed by atoms with E-state index >= 15 is 0 Å². The molecular weight excluding hydrogens is 560 g/mol. The van der Waals surface area contributed by atoms with Crippen molar-refractivity contribution in [2.75, 3.05) is 22.6 Å². The zero-order chi connectivity index (χ0) is 26.6. The molecule has 0 aliphatic carbocycles. The van der Waals surface area contributed by atoms with Gasteiger partial charge < -0.3 is 15.2 Å². The SMILES string of the molecule is CSc1nc2ccc(NC(=O)CSc3nnc(-c4ccc(NC(=O)c5ccc(Cl)cc5)cc4)n3C)cc2s1. The Morgan fingerprint density at radius 3 is 2.45 bits per heavy atom. The Labute approximate surface area is 236 Å². The van der Waals surface area contributed by atoms with E-state index in [1.54, 1.807) is 59.5 Å². The molecule has 0 unspecified atom stereocenters. The summed E-state index contributed by atoms with van der Waals surface area (Å²) in [6, 6.07) is 19.7. The van der Waals surface area contributed by atoms with Crippen LogP contribution in [0.2, 0.25) is 5.02 Å². The number of halogens is 1. The van der Waals surface area contributed by atoms with Gasteiger partial charge in [0.15, 0.2) is 15.3 Å². The van der Waals surface area contributed by atoms with Crippen LogP contribution >= 0.6 is 46.5 Å². The van der Waals surface area contributed by atoms with E-state index in [0.717, 1.165) is 25.8 Å². The van der Waals surface area contributed by atoms with Gasteiger partial charge in [0.1, 0.15) is 0 Å². The predicted octanol–water partition coefficient (Wildman–Crippen LogP) is 6.45. The lowest BCUT2D eigenvalue weighted by atomic mass is 10.1. The topological polar surface area (TPSA) is 102 Å². The number of rotatable bonds is 8. The van der Waals surface area contributed by atoms with E-state index in [2.05, 4.69) is 25.8 Å². The summed E-state index contributed by atoms with van der Waals surface area (Å²) in [5.41, 5.74) is 3.68. The number of nitrogens with one attached hydrogen (secondary N) is 2. The fourth-order valence-electron chi connectivity index (χ4n) is 3.59. The van der Waals surface area contributed by atoms with E-state index in [9.17, 15) is 9.59 Å². The van der Waals surface area contributed by atoms with E-state index in [1.807, 2.05) is 48.2 Å². The number of hydrogen-bond donors (Lipinski definition) is 2. The maximum absolute atomic E-state index is 12.6. The molecule has 0 aliphatic heterocycles. The van der Waals surface area contributed by atoms with Gasteiger partial charge in [0.05, 0.1) is 16.0 Å². The third-order valence-corrected chi connectivity index (χ3v) is 8.78. The first-order valence-corrected chi connectivity index (χ1v) is 14.7. The second-order valence-electron chi connectivity index (χ2n) is 8.11. The number of thioether (sulfide) groups is 2. The maximum atomic E-state index is 12.6.